The Labute approximate surface area is 200 Å². The van der Waals surface area contributed by atoms with Gasteiger partial charge in [-0.25, -0.2) is 0 Å². The lowest BCUT2D eigenvalue weighted by molar-refractivity contribution is 0.414. The molecule has 0 spiro atoms. The first kappa shape index (κ1) is 21.4. The van der Waals surface area contributed by atoms with Gasteiger partial charge in [-0.2, -0.15) is 0 Å². The molecule has 1 aromatic heterocycles. The van der Waals surface area contributed by atoms with Gasteiger partial charge in [0.2, 0.25) is 0 Å². The van der Waals surface area contributed by atoms with Crippen LogP contribution in [-0.4, -0.2) is 18.8 Å². The lowest BCUT2D eigenvalue weighted by atomic mass is 10.1. The van der Waals surface area contributed by atoms with Crippen molar-refractivity contribution in [1.82, 2.24) is 4.57 Å². The molecule has 0 radical (unpaired) electrons. The van der Waals surface area contributed by atoms with Crippen LogP contribution in [0.4, 0.5) is 11.4 Å². The highest BCUT2D eigenvalue weighted by Gasteiger charge is 2.20. The standard InChI is InChI=1S/C30H26N2O2/c1-33-26-17-13-24(14-18-26)31-28-21-29(22-9-5-3-6-10-22)32(25-15-19-27(34-2)20-16-25)30(28)23-11-7-4-8-12-23/h3-21,31H,1-2H3. The van der Waals surface area contributed by atoms with Gasteiger partial charge in [-0.3, -0.25) is 0 Å². The van der Waals surface area contributed by atoms with Crippen LogP contribution in [0.3, 0.4) is 0 Å². The normalized spacial score (nSPS) is 10.6. The predicted octanol–water partition coefficient (Wildman–Crippen LogP) is 7.57. The molecule has 1 heterocycles. The van der Waals surface area contributed by atoms with E-state index in [1.54, 1.807) is 14.2 Å². The second kappa shape index (κ2) is 9.59. The van der Waals surface area contributed by atoms with E-state index in [4.69, 9.17) is 9.47 Å². The summed E-state index contributed by atoms with van der Waals surface area (Å²) in [6, 6.07) is 39.3. The monoisotopic (exact) mass is 446 g/mol. The molecule has 4 heteroatoms. The number of aromatic nitrogens is 1. The second-order valence-electron chi connectivity index (χ2n) is 7.91. The number of hydrogen-bond donors (Lipinski definition) is 1. The molecule has 0 amide bonds. The number of benzene rings is 4. The third-order valence-corrected chi connectivity index (χ3v) is 5.82. The van der Waals surface area contributed by atoms with E-state index in [2.05, 4.69) is 76.6 Å². The fourth-order valence-corrected chi connectivity index (χ4v) is 4.14. The molecule has 0 aliphatic heterocycles. The van der Waals surface area contributed by atoms with E-state index in [1.807, 2.05) is 48.5 Å². The van der Waals surface area contributed by atoms with Gasteiger partial charge in [-0.15, -0.1) is 0 Å². The summed E-state index contributed by atoms with van der Waals surface area (Å²) in [5, 5.41) is 3.64. The lowest BCUT2D eigenvalue weighted by Gasteiger charge is -2.16. The first-order valence-electron chi connectivity index (χ1n) is 11.2. The predicted molar refractivity (Wildman–Crippen MR) is 139 cm³/mol. The summed E-state index contributed by atoms with van der Waals surface area (Å²) in [5.74, 6) is 1.66. The Hall–Kier alpha value is -4.44. The smallest absolute Gasteiger partial charge is 0.119 e. The summed E-state index contributed by atoms with van der Waals surface area (Å²) in [6.45, 7) is 0. The van der Waals surface area contributed by atoms with Crippen LogP contribution in [0.5, 0.6) is 11.5 Å². The van der Waals surface area contributed by atoms with Gasteiger partial charge in [0, 0.05) is 16.9 Å². The number of anilines is 2. The maximum Gasteiger partial charge on any atom is 0.119 e. The minimum Gasteiger partial charge on any atom is -0.497 e. The average molecular weight is 447 g/mol. The van der Waals surface area contributed by atoms with Crippen molar-refractivity contribution in [3.8, 4) is 39.7 Å². The van der Waals surface area contributed by atoms with Crippen molar-refractivity contribution in [3.63, 3.8) is 0 Å². The number of methoxy groups -OCH3 is 2. The quantitative estimate of drug-likeness (QED) is 0.280. The van der Waals surface area contributed by atoms with E-state index in [0.29, 0.717) is 0 Å². The molecule has 1 N–H and O–H groups in total. The van der Waals surface area contributed by atoms with Crippen molar-refractivity contribution in [3.05, 3.63) is 115 Å². The molecule has 0 aliphatic rings. The van der Waals surface area contributed by atoms with Crippen LogP contribution >= 0.6 is 0 Å². The average Bonchev–Trinajstić information content (AvgIpc) is 3.29. The van der Waals surface area contributed by atoms with Crippen molar-refractivity contribution in [2.45, 2.75) is 0 Å². The topological polar surface area (TPSA) is 35.4 Å². The van der Waals surface area contributed by atoms with Gasteiger partial charge >= 0.3 is 0 Å². The molecule has 5 rings (SSSR count). The van der Waals surface area contributed by atoms with Gasteiger partial charge in [0.1, 0.15) is 11.5 Å². The number of nitrogens with one attached hydrogen (secondary N) is 1. The van der Waals surface area contributed by atoms with E-state index in [1.165, 1.54) is 0 Å². The summed E-state index contributed by atoms with van der Waals surface area (Å²) in [5.41, 5.74) is 7.51. The molecule has 0 saturated heterocycles. The third-order valence-electron chi connectivity index (χ3n) is 5.82. The molecule has 168 valence electrons. The van der Waals surface area contributed by atoms with Crippen LogP contribution in [0.25, 0.3) is 28.2 Å². The van der Waals surface area contributed by atoms with Gasteiger partial charge in [0.15, 0.2) is 0 Å². The van der Waals surface area contributed by atoms with Crippen LogP contribution in [0.1, 0.15) is 0 Å². The Morgan fingerprint density at radius 1 is 0.588 bits per heavy atom. The number of ether oxygens (including phenoxy) is 2. The Morgan fingerprint density at radius 2 is 1.12 bits per heavy atom. The molecule has 4 nitrogen and oxygen atoms in total. The highest BCUT2D eigenvalue weighted by Crippen LogP contribution is 2.40. The first-order valence-corrected chi connectivity index (χ1v) is 11.2. The van der Waals surface area contributed by atoms with Gasteiger partial charge in [-0.05, 0) is 60.2 Å². The molecule has 0 saturated carbocycles. The Kier molecular flexibility index (Phi) is 6.04. The molecule has 0 bridgehead atoms. The van der Waals surface area contributed by atoms with E-state index in [0.717, 1.165) is 51.1 Å². The summed E-state index contributed by atoms with van der Waals surface area (Å²) in [7, 11) is 3.36. The van der Waals surface area contributed by atoms with Crippen LogP contribution in [-0.2, 0) is 0 Å². The molecular weight excluding hydrogens is 420 g/mol. The maximum atomic E-state index is 5.41. The van der Waals surface area contributed by atoms with E-state index in [9.17, 15) is 0 Å². The van der Waals surface area contributed by atoms with E-state index in [-0.39, 0.29) is 0 Å². The van der Waals surface area contributed by atoms with Crippen LogP contribution < -0.4 is 14.8 Å². The lowest BCUT2D eigenvalue weighted by Crippen LogP contribution is -2.01. The third kappa shape index (κ3) is 4.26. The Balaban J connectivity index is 1.74. The molecule has 0 unspecified atom stereocenters. The fourth-order valence-electron chi connectivity index (χ4n) is 4.14. The van der Waals surface area contributed by atoms with Gasteiger partial charge in [-0.1, -0.05) is 60.7 Å². The molecule has 0 atom stereocenters. The molecule has 34 heavy (non-hydrogen) atoms. The number of rotatable bonds is 7. The Bertz CT molecular complexity index is 1360. The highest BCUT2D eigenvalue weighted by molar-refractivity contribution is 5.87. The second-order valence-corrected chi connectivity index (χ2v) is 7.91. The summed E-state index contributed by atoms with van der Waals surface area (Å²) in [6.07, 6.45) is 0. The van der Waals surface area contributed by atoms with E-state index < -0.39 is 0 Å². The number of nitrogens with zero attached hydrogens (tertiary/aromatic N) is 1. The molecule has 4 aromatic carbocycles. The molecule has 0 fully saturated rings. The molecule has 5 aromatic rings. The van der Waals surface area contributed by atoms with Crippen molar-refractivity contribution in [2.75, 3.05) is 19.5 Å². The van der Waals surface area contributed by atoms with Crippen LogP contribution in [0, 0.1) is 0 Å². The van der Waals surface area contributed by atoms with Crippen molar-refractivity contribution in [1.29, 1.82) is 0 Å². The SMILES string of the molecule is COc1ccc(Nc2cc(-c3ccccc3)n(-c3ccc(OC)cc3)c2-c2ccccc2)cc1. The van der Waals surface area contributed by atoms with Crippen LogP contribution in [0.2, 0.25) is 0 Å². The zero-order valence-corrected chi connectivity index (χ0v) is 19.2. The van der Waals surface area contributed by atoms with Crippen molar-refractivity contribution >= 4 is 11.4 Å². The zero-order chi connectivity index (χ0) is 23.3. The van der Waals surface area contributed by atoms with Crippen LogP contribution in [0.15, 0.2) is 115 Å². The highest BCUT2D eigenvalue weighted by atomic mass is 16.5. The number of hydrogen-bond acceptors (Lipinski definition) is 3. The van der Waals surface area contributed by atoms with Gasteiger partial charge in [0.25, 0.3) is 0 Å². The molecule has 0 aliphatic carbocycles. The van der Waals surface area contributed by atoms with Gasteiger partial charge in [0.05, 0.1) is 31.3 Å². The minimum atomic E-state index is 0.828. The largest absolute Gasteiger partial charge is 0.497 e. The van der Waals surface area contributed by atoms with Crippen molar-refractivity contribution < 1.29 is 9.47 Å². The Morgan fingerprint density at radius 3 is 1.68 bits per heavy atom. The summed E-state index contributed by atoms with van der Waals surface area (Å²) >= 11 is 0. The maximum absolute atomic E-state index is 5.41. The van der Waals surface area contributed by atoms with E-state index >= 15 is 0 Å². The fraction of sp³-hybridized carbons (Fsp3) is 0.0667. The summed E-state index contributed by atoms with van der Waals surface area (Å²) < 4.78 is 13.0. The zero-order valence-electron chi connectivity index (χ0n) is 19.2. The van der Waals surface area contributed by atoms with Crippen molar-refractivity contribution in [2.24, 2.45) is 0 Å². The minimum absolute atomic E-state index is 0.828. The van der Waals surface area contributed by atoms with Gasteiger partial charge < -0.3 is 19.4 Å². The molecular formula is C30H26N2O2. The first-order chi connectivity index (χ1) is 16.8. The summed E-state index contributed by atoms with van der Waals surface area (Å²) in [4.78, 5) is 0.